The molecule has 2 aromatic carbocycles. The maximum atomic E-state index is 9.30. The summed E-state index contributed by atoms with van der Waals surface area (Å²) in [5, 5.41) is 1.61. The summed E-state index contributed by atoms with van der Waals surface area (Å²) in [5.74, 6) is 0. The Balaban J connectivity index is 2.27. The topological polar surface area (TPSA) is 21.4 Å². The van der Waals surface area contributed by atoms with E-state index < -0.39 is 18.6 Å². The van der Waals surface area contributed by atoms with Crippen LogP contribution >= 0.6 is 0 Å². The van der Waals surface area contributed by atoms with E-state index >= 15 is 0 Å². The molecule has 31 heavy (non-hydrogen) atoms. The summed E-state index contributed by atoms with van der Waals surface area (Å²) in [5.41, 5.74) is 3.16. The maximum absolute atomic E-state index is 9.30. The average Bonchev–Trinajstić information content (AvgIpc) is 3.16. The molecule has 4 aromatic rings. The van der Waals surface area contributed by atoms with Crippen LogP contribution in [0.15, 0.2) is 34.7 Å². The van der Waals surface area contributed by atoms with Gasteiger partial charge in [0.05, 0.1) is 13.5 Å². The largest absolute Gasteiger partial charge is 0.466 e. The van der Waals surface area contributed by atoms with E-state index in [-0.39, 0.29) is 17.2 Å². The van der Waals surface area contributed by atoms with Gasteiger partial charge in [0.15, 0.2) is 5.69 Å². The fraction of sp³-hybridized carbons (Fsp3) is 0.357. The molecule has 0 aliphatic heterocycles. The monoisotopic (exact) mass is 417 g/mol. The quantitative estimate of drug-likeness (QED) is 0.245. The first-order chi connectivity index (χ1) is 16.9. The van der Waals surface area contributed by atoms with E-state index in [9.17, 15) is 1.37 Å². The standard InChI is InChI=1S/C28H31N2O/c1-16-11-13-22(29-8)27-24(16)21-12-10-17(2)25(26(21)31-27)23-14-20(15-28(5,6)7)18(3)19(4)30(23)9/h10-14H,15H2,1-7,9H3/q+1/i3D3,14D,15D2. The van der Waals surface area contributed by atoms with E-state index in [1.54, 1.807) is 45.4 Å². The van der Waals surface area contributed by atoms with Gasteiger partial charge in [-0.15, -0.1) is 0 Å². The lowest BCUT2D eigenvalue weighted by molar-refractivity contribution is -0.667. The second kappa shape index (κ2) is 7.24. The summed E-state index contributed by atoms with van der Waals surface area (Å²) < 4.78 is 60.1. The number of hydrogen-bond donors (Lipinski definition) is 0. The molecule has 0 saturated heterocycles. The molecule has 0 N–H and O–H groups in total. The zero-order valence-electron chi connectivity index (χ0n) is 25.1. The molecule has 0 bridgehead atoms. The van der Waals surface area contributed by atoms with Crippen molar-refractivity contribution in [3.63, 3.8) is 0 Å². The highest BCUT2D eigenvalue weighted by Gasteiger charge is 2.26. The molecule has 0 radical (unpaired) electrons. The van der Waals surface area contributed by atoms with Crippen LogP contribution in [-0.4, -0.2) is 0 Å². The van der Waals surface area contributed by atoms with Crippen molar-refractivity contribution in [3.05, 3.63) is 69.7 Å². The van der Waals surface area contributed by atoms with E-state index in [1.165, 1.54) is 0 Å². The first-order valence-corrected chi connectivity index (χ1v) is 10.3. The van der Waals surface area contributed by atoms with Crippen molar-refractivity contribution in [2.24, 2.45) is 12.5 Å². The van der Waals surface area contributed by atoms with Crippen molar-refractivity contribution in [2.75, 3.05) is 0 Å². The van der Waals surface area contributed by atoms with Gasteiger partial charge in [-0.2, -0.15) is 4.57 Å². The minimum Gasteiger partial charge on any atom is -0.466 e. The van der Waals surface area contributed by atoms with E-state index in [2.05, 4.69) is 4.85 Å². The van der Waals surface area contributed by atoms with Crippen molar-refractivity contribution in [3.8, 4) is 11.3 Å². The van der Waals surface area contributed by atoms with Crippen LogP contribution in [-0.2, 0) is 13.4 Å². The molecule has 158 valence electrons. The van der Waals surface area contributed by atoms with E-state index in [0.29, 0.717) is 33.8 Å². The van der Waals surface area contributed by atoms with Crippen LogP contribution < -0.4 is 4.57 Å². The second-order valence-corrected chi connectivity index (χ2v) is 9.20. The Morgan fingerprint density at radius 2 is 1.84 bits per heavy atom. The number of hydrogen-bond acceptors (Lipinski definition) is 1. The van der Waals surface area contributed by atoms with Crippen molar-refractivity contribution < 1.29 is 17.2 Å². The van der Waals surface area contributed by atoms with Gasteiger partial charge in [0.1, 0.15) is 18.2 Å². The average molecular weight is 418 g/mol. The number of rotatable bonds is 2. The molecule has 2 aromatic heterocycles. The summed E-state index contributed by atoms with van der Waals surface area (Å²) in [4.78, 5) is 3.62. The Morgan fingerprint density at radius 1 is 1.13 bits per heavy atom. The van der Waals surface area contributed by atoms with Crippen LogP contribution in [0.4, 0.5) is 5.69 Å². The smallest absolute Gasteiger partial charge is 0.229 e. The minimum atomic E-state index is -2.62. The third kappa shape index (κ3) is 3.41. The molecule has 0 amide bonds. The van der Waals surface area contributed by atoms with Crippen LogP contribution in [0.5, 0.6) is 0 Å². The summed E-state index contributed by atoms with van der Waals surface area (Å²) in [7, 11) is 1.70. The minimum absolute atomic E-state index is 0.129. The molecule has 0 atom stereocenters. The predicted molar refractivity (Wildman–Crippen MR) is 129 cm³/mol. The molecule has 0 spiro atoms. The van der Waals surface area contributed by atoms with Gasteiger partial charge in [0.2, 0.25) is 11.4 Å². The van der Waals surface area contributed by atoms with Crippen molar-refractivity contribution in [2.45, 2.75) is 54.8 Å². The number of benzene rings is 2. The molecule has 3 heteroatoms. The van der Waals surface area contributed by atoms with Gasteiger partial charge in [-0.25, -0.2) is 4.85 Å². The van der Waals surface area contributed by atoms with E-state index in [1.807, 2.05) is 32.0 Å². The van der Waals surface area contributed by atoms with Crippen molar-refractivity contribution in [1.82, 2.24) is 0 Å². The van der Waals surface area contributed by atoms with Gasteiger partial charge in [0.25, 0.3) is 0 Å². The van der Waals surface area contributed by atoms with E-state index in [4.69, 9.17) is 17.8 Å². The highest BCUT2D eigenvalue weighted by atomic mass is 16.3. The Hall–Kier alpha value is -3.12. The number of furan rings is 1. The molecule has 0 aliphatic rings. The second-order valence-electron chi connectivity index (χ2n) is 9.20. The molecular weight excluding hydrogens is 380 g/mol. The lowest BCUT2D eigenvalue weighted by atomic mass is 9.85. The number of aryl methyl sites for hydroxylation is 2. The Kier molecular flexibility index (Phi) is 3.46. The summed E-state index contributed by atoms with van der Waals surface area (Å²) in [6.45, 7) is 15.6. The van der Waals surface area contributed by atoms with Gasteiger partial charge in [0, 0.05) is 36.2 Å². The Morgan fingerprint density at radius 3 is 2.48 bits per heavy atom. The van der Waals surface area contributed by atoms with Crippen molar-refractivity contribution >= 4 is 27.6 Å². The molecular formula is C28H31N2O+. The van der Waals surface area contributed by atoms with Gasteiger partial charge in [-0.05, 0) is 49.2 Å². The highest BCUT2D eigenvalue weighted by Crippen LogP contribution is 2.42. The normalized spacial score (nSPS) is 15.7. The highest BCUT2D eigenvalue weighted by molar-refractivity contribution is 6.14. The molecule has 0 fully saturated rings. The van der Waals surface area contributed by atoms with Crippen LogP contribution in [0.2, 0.25) is 0 Å². The SMILES string of the molecule is [2H]c1c(C([2H])([2H])C(C)(C)C)c(C([2H])([2H])[2H])c(C)[n+](C)c1-c1c(C)ccc2c1oc1c([N+]#[C-])ccc(C)c12. The predicted octanol–water partition coefficient (Wildman–Crippen LogP) is 7.45. The lowest BCUT2D eigenvalue weighted by Crippen LogP contribution is -2.36. The Bertz CT molecular complexity index is 1630. The van der Waals surface area contributed by atoms with Crippen molar-refractivity contribution in [1.29, 1.82) is 0 Å². The number of aromatic nitrogens is 1. The van der Waals surface area contributed by atoms with Crippen LogP contribution in [0.3, 0.4) is 0 Å². The lowest BCUT2D eigenvalue weighted by Gasteiger charge is -2.20. The fourth-order valence-electron chi connectivity index (χ4n) is 4.06. The fourth-order valence-corrected chi connectivity index (χ4v) is 4.06. The van der Waals surface area contributed by atoms with Crippen LogP contribution in [0, 0.1) is 39.6 Å². The Labute approximate surface area is 193 Å². The molecule has 3 nitrogen and oxygen atoms in total. The third-order valence-corrected chi connectivity index (χ3v) is 5.74. The number of pyridine rings is 1. The van der Waals surface area contributed by atoms with Crippen LogP contribution in [0.1, 0.15) is 56.9 Å². The number of fused-ring (bicyclic) bond motifs is 3. The third-order valence-electron chi connectivity index (χ3n) is 5.74. The van der Waals surface area contributed by atoms with Gasteiger partial charge < -0.3 is 4.42 Å². The molecule has 4 rings (SSSR count). The molecule has 0 unspecified atom stereocenters. The zero-order valence-corrected chi connectivity index (χ0v) is 19.1. The molecule has 0 aliphatic carbocycles. The maximum Gasteiger partial charge on any atom is 0.229 e. The molecule has 2 heterocycles. The first-order valence-electron chi connectivity index (χ1n) is 13.3. The summed E-state index contributed by atoms with van der Waals surface area (Å²) >= 11 is 0. The van der Waals surface area contributed by atoms with Crippen LogP contribution in [0.25, 0.3) is 38.0 Å². The summed E-state index contributed by atoms with van der Waals surface area (Å²) in [6, 6.07) is 7.27. The summed E-state index contributed by atoms with van der Waals surface area (Å²) in [6.07, 6.45) is -2.12. The van der Waals surface area contributed by atoms with Gasteiger partial charge in [-0.1, -0.05) is 45.0 Å². The molecule has 0 saturated carbocycles. The zero-order chi connectivity index (χ0) is 27.8. The number of nitrogens with zero attached hydrogens (tertiary/aromatic N) is 2. The van der Waals surface area contributed by atoms with Gasteiger partial charge in [-0.3, -0.25) is 0 Å². The first kappa shape index (κ1) is 14.8. The van der Waals surface area contributed by atoms with E-state index in [0.717, 1.165) is 21.9 Å². The van der Waals surface area contributed by atoms with Gasteiger partial charge >= 0.3 is 0 Å².